The molecular weight excluding hydrogens is 302 g/mol. The van der Waals surface area contributed by atoms with Crippen LogP contribution in [-0.4, -0.2) is 6.54 Å². The van der Waals surface area contributed by atoms with Crippen LogP contribution in [0.15, 0.2) is 30.3 Å². The van der Waals surface area contributed by atoms with E-state index in [4.69, 9.17) is 0 Å². The number of benzene rings is 1. The highest BCUT2D eigenvalue weighted by Crippen LogP contribution is 2.14. The van der Waals surface area contributed by atoms with Crippen molar-refractivity contribution in [2.75, 3.05) is 6.54 Å². The average Bonchev–Trinajstić information content (AvgIpc) is 2.65. The molecule has 1 N–H and O–H groups in total. The molecular formula is C24H43N. The molecule has 1 rings (SSSR count). The molecule has 0 aliphatic carbocycles. The SMILES string of the molecule is CCCCCCCCCCCCCCCCN[C@H](C)c1ccccc1. The summed E-state index contributed by atoms with van der Waals surface area (Å²) in [5, 5.41) is 3.64. The molecule has 0 bridgehead atoms. The summed E-state index contributed by atoms with van der Waals surface area (Å²) in [6.07, 6.45) is 20.0. The van der Waals surface area contributed by atoms with Crippen molar-refractivity contribution in [3.05, 3.63) is 35.9 Å². The molecule has 0 spiro atoms. The first-order valence-corrected chi connectivity index (χ1v) is 11.1. The van der Waals surface area contributed by atoms with Gasteiger partial charge in [0.15, 0.2) is 0 Å². The van der Waals surface area contributed by atoms with E-state index in [0.29, 0.717) is 6.04 Å². The minimum absolute atomic E-state index is 0.475. The quantitative estimate of drug-likeness (QED) is 0.284. The largest absolute Gasteiger partial charge is 0.310 e. The van der Waals surface area contributed by atoms with Crippen LogP contribution in [0.2, 0.25) is 0 Å². The predicted octanol–water partition coefficient (Wildman–Crippen LogP) is 7.82. The summed E-state index contributed by atoms with van der Waals surface area (Å²) in [4.78, 5) is 0. The van der Waals surface area contributed by atoms with Gasteiger partial charge >= 0.3 is 0 Å². The third-order valence-electron chi connectivity index (χ3n) is 5.28. The fourth-order valence-electron chi connectivity index (χ4n) is 3.50. The Kier molecular flexibility index (Phi) is 14.8. The first-order valence-electron chi connectivity index (χ1n) is 11.1. The monoisotopic (exact) mass is 345 g/mol. The van der Waals surface area contributed by atoms with Gasteiger partial charge in [0, 0.05) is 6.04 Å². The molecule has 25 heavy (non-hydrogen) atoms. The van der Waals surface area contributed by atoms with E-state index in [1.54, 1.807) is 0 Å². The number of rotatable bonds is 17. The van der Waals surface area contributed by atoms with Crippen molar-refractivity contribution in [1.29, 1.82) is 0 Å². The molecule has 0 radical (unpaired) electrons. The molecule has 1 heteroatoms. The van der Waals surface area contributed by atoms with E-state index in [2.05, 4.69) is 49.5 Å². The Hall–Kier alpha value is -0.820. The molecule has 0 saturated heterocycles. The van der Waals surface area contributed by atoms with Crippen LogP contribution in [0.25, 0.3) is 0 Å². The highest BCUT2D eigenvalue weighted by molar-refractivity contribution is 5.17. The zero-order valence-electron chi connectivity index (χ0n) is 17.1. The Balaban J connectivity index is 1.77. The van der Waals surface area contributed by atoms with Gasteiger partial charge in [0.2, 0.25) is 0 Å². The summed E-state index contributed by atoms with van der Waals surface area (Å²) in [5.41, 5.74) is 1.40. The molecule has 0 amide bonds. The summed E-state index contributed by atoms with van der Waals surface area (Å²) in [6, 6.07) is 11.2. The molecule has 0 aliphatic heterocycles. The van der Waals surface area contributed by atoms with Gasteiger partial charge in [0.05, 0.1) is 0 Å². The van der Waals surface area contributed by atoms with E-state index >= 15 is 0 Å². The van der Waals surface area contributed by atoms with Crippen LogP contribution in [0.3, 0.4) is 0 Å². The van der Waals surface area contributed by atoms with Crippen LogP contribution in [-0.2, 0) is 0 Å². The zero-order valence-corrected chi connectivity index (χ0v) is 17.1. The Morgan fingerprint density at radius 2 is 1.08 bits per heavy atom. The summed E-state index contributed by atoms with van der Waals surface area (Å²) in [7, 11) is 0. The molecule has 0 fully saturated rings. The summed E-state index contributed by atoms with van der Waals surface area (Å²) < 4.78 is 0. The molecule has 0 saturated carbocycles. The predicted molar refractivity (Wildman–Crippen MR) is 113 cm³/mol. The maximum Gasteiger partial charge on any atom is 0.0291 e. The molecule has 1 aromatic carbocycles. The molecule has 144 valence electrons. The van der Waals surface area contributed by atoms with Crippen molar-refractivity contribution in [2.45, 2.75) is 110 Å². The Labute approximate surface area is 158 Å². The number of hydrogen-bond donors (Lipinski definition) is 1. The first kappa shape index (κ1) is 22.2. The molecule has 0 aliphatic rings. The van der Waals surface area contributed by atoms with E-state index in [0.717, 1.165) is 6.54 Å². The Morgan fingerprint density at radius 3 is 1.56 bits per heavy atom. The minimum Gasteiger partial charge on any atom is -0.310 e. The summed E-state index contributed by atoms with van der Waals surface area (Å²) in [6.45, 7) is 5.70. The lowest BCUT2D eigenvalue weighted by Gasteiger charge is -2.13. The number of nitrogens with one attached hydrogen (secondary N) is 1. The smallest absolute Gasteiger partial charge is 0.0291 e. The van der Waals surface area contributed by atoms with Crippen LogP contribution < -0.4 is 5.32 Å². The van der Waals surface area contributed by atoms with Crippen molar-refractivity contribution >= 4 is 0 Å². The summed E-state index contributed by atoms with van der Waals surface area (Å²) in [5.74, 6) is 0. The lowest BCUT2D eigenvalue weighted by molar-refractivity contribution is 0.513. The highest BCUT2D eigenvalue weighted by atomic mass is 14.9. The fraction of sp³-hybridized carbons (Fsp3) is 0.750. The topological polar surface area (TPSA) is 12.0 Å². The van der Waals surface area contributed by atoms with E-state index in [1.165, 1.54) is 95.5 Å². The van der Waals surface area contributed by atoms with Crippen molar-refractivity contribution in [3.8, 4) is 0 Å². The van der Waals surface area contributed by atoms with Gasteiger partial charge < -0.3 is 5.32 Å². The van der Waals surface area contributed by atoms with E-state index in [9.17, 15) is 0 Å². The molecule has 0 unspecified atom stereocenters. The zero-order chi connectivity index (χ0) is 18.0. The minimum atomic E-state index is 0.475. The Morgan fingerprint density at radius 1 is 0.640 bits per heavy atom. The van der Waals surface area contributed by atoms with Crippen molar-refractivity contribution < 1.29 is 0 Å². The maximum absolute atomic E-state index is 3.64. The Bertz CT molecular complexity index is 373. The van der Waals surface area contributed by atoms with Crippen LogP contribution in [0.1, 0.15) is 115 Å². The lowest BCUT2D eigenvalue weighted by Crippen LogP contribution is -2.19. The van der Waals surface area contributed by atoms with E-state index in [1.807, 2.05) is 0 Å². The van der Waals surface area contributed by atoms with Crippen LogP contribution in [0.5, 0.6) is 0 Å². The third-order valence-corrected chi connectivity index (χ3v) is 5.28. The van der Waals surface area contributed by atoms with Gasteiger partial charge in [-0.1, -0.05) is 121 Å². The molecule has 1 nitrogen and oxygen atoms in total. The average molecular weight is 346 g/mol. The molecule has 1 aromatic rings. The van der Waals surface area contributed by atoms with Crippen molar-refractivity contribution in [1.82, 2.24) is 5.32 Å². The van der Waals surface area contributed by atoms with Gasteiger partial charge in [-0.2, -0.15) is 0 Å². The summed E-state index contributed by atoms with van der Waals surface area (Å²) >= 11 is 0. The first-order chi connectivity index (χ1) is 12.3. The van der Waals surface area contributed by atoms with Gasteiger partial charge in [-0.25, -0.2) is 0 Å². The van der Waals surface area contributed by atoms with Gasteiger partial charge in [-0.05, 0) is 25.5 Å². The van der Waals surface area contributed by atoms with Gasteiger partial charge in [0.25, 0.3) is 0 Å². The second-order valence-corrected chi connectivity index (χ2v) is 7.68. The second-order valence-electron chi connectivity index (χ2n) is 7.68. The van der Waals surface area contributed by atoms with Crippen LogP contribution in [0, 0.1) is 0 Å². The number of unbranched alkanes of at least 4 members (excludes halogenated alkanes) is 13. The molecule has 0 aromatic heterocycles. The second kappa shape index (κ2) is 16.6. The standard InChI is InChI=1S/C24H43N/c1-3-4-5-6-7-8-9-10-11-12-13-14-15-19-22-25-23(2)24-20-17-16-18-21-24/h16-18,20-21,23,25H,3-15,19,22H2,1-2H3/t23-/m1/s1. The normalized spacial score (nSPS) is 12.4. The number of hydrogen-bond acceptors (Lipinski definition) is 1. The molecule has 0 heterocycles. The lowest BCUT2D eigenvalue weighted by atomic mass is 10.0. The third kappa shape index (κ3) is 13.1. The van der Waals surface area contributed by atoms with E-state index < -0.39 is 0 Å². The highest BCUT2D eigenvalue weighted by Gasteiger charge is 2.02. The maximum atomic E-state index is 3.64. The van der Waals surface area contributed by atoms with Gasteiger partial charge in [-0.3, -0.25) is 0 Å². The van der Waals surface area contributed by atoms with Gasteiger partial charge in [-0.15, -0.1) is 0 Å². The van der Waals surface area contributed by atoms with Crippen molar-refractivity contribution in [2.24, 2.45) is 0 Å². The van der Waals surface area contributed by atoms with Crippen LogP contribution in [0.4, 0.5) is 0 Å². The van der Waals surface area contributed by atoms with Crippen molar-refractivity contribution in [3.63, 3.8) is 0 Å². The van der Waals surface area contributed by atoms with Gasteiger partial charge in [0.1, 0.15) is 0 Å². The molecule has 1 atom stereocenters. The van der Waals surface area contributed by atoms with E-state index in [-0.39, 0.29) is 0 Å². The van der Waals surface area contributed by atoms with Crippen LogP contribution >= 0.6 is 0 Å². The fourth-order valence-corrected chi connectivity index (χ4v) is 3.50.